The molecule has 0 unspecified atom stereocenters. The van der Waals surface area contributed by atoms with Crippen molar-refractivity contribution in [3.63, 3.8) is 0 Å². The Labute approximate surface area is 147 Å². The molecule has 0 N–H and O–H groups in total. The number of Topliss-reactive ketones (excluding diaryl/α,β-unsaturated/α-hetero) is 1. The molecule has 2 aliphatic rings. The van der Waals surface area contributed by atoms with Crippen LogP contribution in [0.4, 0.5) is 0 Å². The molecular weight excluding hydrogens is 316 g/mol. The van der Waals surface area contributed by atoms with Crippen LogP contribution >= 0.6 is 0 Å². The van der Waals surface area contributed by atoms with Gasteiger partial charge in [-0.2, -0.15) is 0 Å². The first-order valence-electron chi connectivity index (χ1n) is 8.70. The molecule has 0 radical (unpaired) electrons. The molecule has 2 aromatic rings. The highest BCUT2D eigenvalue weighted by atomic mass is 16.5. The van der Waals surface area contributed by atoms with Gasteiger partial charge >= 0.3 is 5.97 Å². The van der Waals surface area contributed by atoms with E-state index in [4.69, 9.17) is 9.47 Å². The fraction of sp³-hybridized carbons (Fsp3) is 0.429. The van der Waals surface area contributed by atoms with Gasteiger partial charge in [0.1, 0.15) is 11.5 Å². The molecule has 1 fully saturated rings. The van der Waals surface area contributed by atoms with Crippen LogP contribution < -0.4 is 4.74 Å². The fourth-order valence-electron chi connectivity index (χ4n) is 4.87. The molecule has 130 valence electrons. The number of esters is 1. The first-order chi connectivity index (χ1) is 12.0. The Morgan fingerprint density at radius 3 is 2.72 bits per heavy atom. The summed E-state index contributed by atoms with van der Waals surface area (Å²) in [5, 5.41) is 2.31. The van der Waals surface area contributed by atoms with Crippen LogP contribution in [0.1, 0.15) is 36.8 Å². The number of carbonyl (C=O) groups excluding carboxylic acids is 2. The summed E-state index contributed by atoms with van der Waals surface area (Å²) in [5.74, 6) is 0.273. The predicted octanol–water partition coefficient (Wildman–Crippen LogP) is 3.65. The highest BCUT2D eigenvalue weighted by molar-refractivity contribution is 5.96. The Morgan fingerprint density at radius 2 is 2.00 bits per heavy atom. The number of ketones is 1. The highest BCUT2D eigenvalue weighted by Gasteiger charge is 2.56. The van der Waals surface area contributed by atoms with E-state index >= 15 is 0 Å². The van der Waals surface area contributed by atoms with Crippen molar-refractivity contribution < 1.29 is 19.1 Å². The van der Waals surface area contributed by atoms with Crippen molar-refractivity contribution in [3.8, 4) is 5.75 Å². The molecule has 4 rings (SSSR count). The Hall–Kier alpha value is -2.36. The number of fused-ring (bicyclic) bond motifs is 5. The topological polar surface area (TPSA) is 52.6 Å². The number of hydrogen-bond donors (Lipinski definition) is 0. The average molecular weight is 338 g/mol. The second-order valence-corrected chi connectivity index (χ2v) is 7.37. The van der Waals surface area contributed by atoms with Gasteiger partial charge < -0.3 is 9.47 Å². The minimum absolute atomic E-state index is 0.0947. The smallest absolute Gasteiger partial charge is 0.309 e. The molecule has 0 amide bonds. The molecule has 0 heterocycles. The maximum atomic E-state index is 12.7. The number of aryl methyl sites for hydroxylation is 1. The summed E-state index contributed by atoms with van der Waals surface area (Å²) in [6.07, 6.45) is 1.92. The number of rotatable bonds is 2. The molecule has 0 aromatic heterocycles. The first kappa shape index (κ1) is 16.1. The van der Waals surface area contributed by atoms with Gasteiger partial charge in [-0.1, -0.05) is 25.1 Å². The molecule has 3 atom stereocenters. The van der Waals surface area contributed by atoms with Crippen LogP contribution in [-0.2, 0) is 20.7 Å². The first-order valence-corrected chi connectivity index (χ1v) is 8.70. The van der Waals surface area contributed by atoms with Crippen LogP contribution in [0, 0.1) is 11.3 Å². The molecule has 2 aromatic carbocycles. The lowest BCUT2D eigenvalue weighted by atomic mass is 9.64. The monoisotopic (exact) mass is 338 g/mol. The predicted molar refractivity (Wildman–Crippen MR) is 94.8 cm³/mol. The SMILES string of the molecule is COC(=O)[C@@H]1CC(=O)[C@@]2(C)CCc3c(ccc4cc(OC)ccc34)[C@@H]12. The summed E-state index contributed by atoms with van der Waals surface area (Å²) < 4.78 is 10.3. The molecule has 2 aliphatic carbocycles. The summed E-state index contributed by atoms with van der Waals surface area (Å²) in [7, 11) is 3.06. The number of benzene rings is 2. The Balaban J connectivity index is 1.90. The van der Waals surface area contributed by atoms with Crippen LogP contribution in [0.5, 0.6) is 5.75 Å². The highest BCUT2D eigenvalue weighted by Crippen LogP contribution is 2.57. The minimum Gasteiger partial charge on any atom is -0.497 e. The van der Waals surface area contributed by atoms with Gasteiger partial charge in [0.25, 0.3) is 0 Å². The lowest BCUT2D eigenvalue weighted by Crippen LogP contribution is -2.35. The van der Waals surface area contributed by atoms with Crippen LogP contribution in [0.2, 0.25) is 0 Å². The number of ether oxygens (including phenoxy) is 2. The standard InChI is InChI=1S/C21H22O4/c1-21-9-8-15-14-7-5-13(24-2)10-12(14)4-6-16(15)19(21)17(11-18(21)22)20(23)25-3/h4-7,10,17,19H,8-9,11H2,1-3H3/t17-,19+,21-/m1/s1. The van der Waals surface area contributed by atoms with E-state index in [0.717, 1.165) is 29.5 Å². The van der Waals surface area contributed by atoms with Gasteiger partial charge in [-0.25, -0.2) is 0 Å². The van der Waals surface area contributed by atoms with Gasteiger partial charge in [-0.3, -0.25) is 9.59 Å². The molecular formula is C21H22O4. The minimum atomic E-state index is -0.466. The molecule has 0 aliphatic heterocycles. The Kier molecular flexibility index (Phi) is 3.60. The maximum absolute atomic E-state index is 12.7. The maximum Gasteiger partial charge on any atom is 0.309 e. The Morgan fingerprint density at radius 1 is 1.20 bits per heavy atom. The molecule has 0 bridgehead atoms. The second-order valence-electron chi connectivity index (χ2n) is 7.37. The van der Waals surface area contributed by atoms with Crippen molar-refractivity contribution in [2.45, 2.75) is 32.1 Å². The lowest BCUT2D eigenvalue weighted by molar-refractivity contribution is -0.146. The largest absolute Gasteiger partial charge is 0.497 e. The molecule has 4 nitrogen and oxygen atoms in total. The van der Waals surface area contributed by atoms with Crippen LogP contribution in [-0.4, -0.2) is 26.0 Å². The zero-order valence-corrected chi connectivity index (χ0v) is 14.8. The summed E-state index contributed by atoms with van der Waals surface area (Å²) in [5.41, 5.74) is 1.92. The van der Waals surface area contributed by atoms with Crippen molar-refractivity contribution >= 4 is 22.5 Å². The van der Waals surface area contributed by atoms with Gasteiger partial charge in [-0.15, -0.1) is 0 Å². The van der Waals surface area contributed by atoms with E-state index in [0.29, 0.717) is 0 Å². The number of hydrogen-bond acceptors (Lipinski definition) is 4. The summed E-state index contributed by atoms with van der Waals surface area (Å²) in [6.45, 7) is 2.02. The van der Waals surface area contributed by atoms with Crippen LogP contribution in [0.15, 0.2) is 30.3 Å². The van der Waals surface area contributed by atoms with E-state index in [1.165, 1.54) is 18.1 Å². The Bertz CT molecular complexity index is 885. The van der Waals surface area contributed by atoms with E-state index in [1.54, 1.807) is 7.11 Å². The fourth-order valence-corrected chi connectivity index (χ4v) is 4.87. The van der Waals surface area contributed by atoms with Gasteiger partial charge in [-0.05, 0) is 46.9 Å². The summed E-state index contributed by atoms with van der Waals surface area (Å²) in [4.78, 5) is 25.0. The summed E-state index contributed by atoms with van der Waals surface area (Å²) in [6, 6.07) is 10.2. The van der Waals surface area contributed by atoms with E-state index in [-0.39, 0.29) is 30.0 Å². The third kappa shape index (κ3) is 2.20. The van der Waals surface area contributed by atoms with Crippen molar-refractivity contribution in [2.75, 3.05) is 14.2 Å². The zero-order valence-electron chi connectivity index (χ0n) is 14.8. The normalized spacial score (nSPS) is 27.7. The van der Waals surface area contributed by atoms with E-state index in [9.17, 15) is 9.59 Å². The third-order valence-corrected chi connectivity index (χ3v) is 6.24. The van der Waals surface area contributed by atoms with Gasteiger partial charge in [0.2, 0.25) is 0 Å². The van der Waals surface area contributed by atoms with E-state index in [1.807, 2.05) is 19.1 Å². The lowest BCUT2D eigenvalue weighted by Gasteiger charge is -2.38. The van der Waals surface area contributed by atoms with Gasteiger partial charge in [0, 0.05) is 17.8 Å². The van der Waals surface area contributed by atoms with E-state index < -0.39 is 5.41 Å². The zero-order chi connectivity index (χ0) is 17.8. The van der Waals surface area contributed by atoms with Crippen LogP contribution in [0.3, 0.4) is 0 Å². The van der Waals surface area contributed by atoms with Crippen molar-refractivity contribution in [1.82, 2.24) is 0 Å². The van der Waals surface area contributed by atoms with Gasteiger partial charge in [0.15, 0.2) is 0 Å². The second kappa shape index (κ2) is 5.58. The molecule has 0 spiro atoms. The van der Waals surface area contributed by atoms with Crippen molar-refractivity contribution in [1.29, 1.82) is 0 Å². The van der Waals surface area contributed by atoms with Crippen LogP contribution in [0.25, 0.3) is 10.8 Å². The van der Waals surface area contributed by atoms with Crippen molar-refractivity contribution in [3.05, 3.63) is 41.5 Å². The molecule has 1 saturated carbocycles. The third-order valence-electron chi connectivity index (χ3n) is 6.24. The number of carbonyl (C=O) groups is 2. The molecule has 25 heavy (non-hydrogen) atoms. The van der Waals surface area contributed by atoms with E-state index in [2.05, 4.69) is 18.2 Å². The summed E-state index contributed by atoms with van der Waals surface area (Å²) >= 11 is 0. The average Bonchev–Trinajstić information content (AvgIpc) is 2.91. The van der Waals surface area contributed by atoms with Gasteiger partial charge in [0.05, 0.1) is 20.1 Å². The quantitative estimate of drug-likeness (QED) is 0.785. The number of methoxy groups -OCH3 is 2. The van der Waals surface area contributed by atoms with Crippen molar-refractivity contribution in [2.24, 2.45) is 11.3 Å². The molecule has 0 saturated heterocycles. The molecule has 4 heteroatoms.